The van der Waals surface area contributed by atoms with Gasteiger partial charge in [0.1, 0.15) is 4.99 Å². The van der Waals surface area contributed by atoms with Gasteiger partial charge in [0.05, 0.1) is 18.4 Å². The SMILES string of the molecule is COC(=O)CCN(C)S(=O)(=O)c1cc(C(N)=S)ccc1C. The molecule has 21 heavy (non-hydrogen) atoms. The quantitative estimate of drug-likeness (QED) is 0.613. The van der Waals surface area contributed by atoms with Crippen LogP contribution < -0.4 is 5.73 Å². The van der Waals surface area contributed by atoms with Crippen LogP contribution in [0.15, 0.2) is 23.1 Å². The van der Waals surface area contributed by atoms with Gasteiger partial charge in [-0.2, -0.15) is 0 Å². The van der Waals surface area contributed by atoms with E-state index in [1.807, 2.05) is 0 Å². The average molecular weight is 330 g/mol. The zero-order valence-corrected chi connectivity index (χ0v) is 13.8. The Hall–Kier alpha value is -1.51. The van der Waals surface area contributed by atoms with Crippen molar-refractivity contribution in [2.24, 2.45) is 5.73 Å². The molecule has 0 aliphatic carbocycles. The third-order valence-electron chi connectivity index (χ3n) is 3.02. The van der Waals surface area contributed by atoms with Crippen molar-refractivity contribution in [1.82, 2.24) is 4.31 Å². The first kappa shape index (κ1) is 17.5. The third-order valence-corrected chi connectivity index (χ3v) is 5.25. The van der Waals surface area contributed by atoms with Crippen molar-refractivity contribution in [3.8, 4) is 0 Å². The molecule has 0 spiro atoms. The summed E-state index contributed by atoms with van der Waals surface area (Å²) in [6.07, 6.45) is -0.0136. The van der Waals surface area contributed by atoms with Crippen molar-refractivity contribution in [2.75, 3.05) is 20.7 Å². The van der Waals surface area contributed by atoms with Gasteiger partial charge in [-0.3, -0.25) is 4.79 Å². The normalized spacial score (nSPS) is 11.4. The molecule has 0 unspecified atom stereocenters. The molecule has 0 aliphatic heterocycles. The van der Waals surface area contributed by atoms with Crippen LogP contribution in [0.2, 0.25) is 0 Å². The molecule has 1 aromatic rings. The number of esters is 1. The standard InChI is InChI=1S/C13H18N2O4S2/c1-9-4-5-10(13(14)20)8-11(9)21(17,18)15(2)7-6-12(16)19-3/h4-5,8H,6-7H2,1-3H3,(H2,14,20). The Morgan fingerprint density at radius 2 is 2.05 bits per heavy atom. The van der Waals surface area contributed by atoms with Gasteiger partial charge in [-0.1, -0.05) is 24.4 Å². The van der Waals surface area contributed by atoms with Crippen molar-refractivity contribution in [1.29, 1.82) is 0 Å². The van der Waals surface area contributed by atoms with Gasteiger partial charge in [0, 0.05) is 19.2 Å². The predicted octanol–water partition coefficient (Wildman–Crippen LogP) is 0.813. The lowest BCUT2D eigenvalue weighted by atomic mass is 10.1. The van der Waals surface area contributed by atoms with Crippen LogP contribution in [0, 0.1) is 6.92 Å². The number of rotatable bonds is 6. The molecule has 1 aromatic carbocycles. The lowest BCUT2D eigenvalue weighted by Crippen LogP contribution is -2.30. The van der Waals surface area contributed by atoms with Crippen molar-refractivity contribution in [2.45, 2.75) is 18.2 Å². The summed E-state index contributed by atoms with van der Waals surface area (Å²) in [6.45, 7) is 1.72. The number of hydrogen-bond donors (Lipinski definition) is 1. The lowest BCUT2D eigenvalue weighted by Gasteiger charge is -2.18. The van der Waals surface area contributed by atoms with E-state index in [0.29, 0.717) is 11.1 Å². The Labute approximate surface area is 129 Å². The second kappa shape index (κ2) is 6.97. The van der Waals surface area contributed by atoms with Crippen molar-refractivity contribution < 1.29 is 17.9 Å². The molecule has 2 N–H and O–H groups in total. The molecule has 6 nitrogen and oxygen atoms in total. The second-order valence-electron chi connectivity index (χ2n) is 4.50. The molecule has 0 saturated heterocycles. The van der Waals surface area contributed by atoms with Crippen LogP contribution in [0.1, 0.15) is 17.5 Å². The van der Waals surface area contributed by atoms with Crippen LogP contribution in [0.5, 0.6) is 0 Å². The molecule has 0 saturated carbocycles. The number of sulfonamides is 1. The minimum absolute atomic E-state index is 0.0136. The van der Waals surface area contributed by atoms with E-state index < -0.39 is 16.0 Å². The highest BCUT2D eigenvalue weighted by molar-refractivity contribution is 7.89. The Balaban J connectivity index is 3.09. The van der Waals surface area contributed by atoms with Gasteiger partial charge in [-0.25, -0.2) is 12.7 Å². The summed E-state index contributed by atoms with van der Waals surface area (Å²) in [6, 6.07) is 4.77. The maximum absolute atomic E-state index is 12.5. The first-order chi connectivity index (χ1) is 9.70. The van der Waals surface area contributed by atoms with Gasteiger partial charge in [-0.15, -0.1) is 0 Å². The number of aryl methyl sites for hydroxylation is 1. The fraction of sp³-hybridized carbons (Fsp3) is 0.385. The maximum atomic E-state index is 12.5. The van der Waals surface area contributed by atoms with Crippen LogP contribution in [0.3, 0.4) is 0 Å². The topological polar surface area (TPSA) is 89.7 Å². The molecule has 0 bridgehead atoms. The lowest BCUT2D eigenvalue weighted by molar-refractivity contribution is -0.140. The molecular formula is C13H18N2O4S2. The van der Waals surface area contributed by atoms with E-state index in [2.05, 4.69) is 4.74 Å². The number of carbonyl (C=O) groups is 1. The Bertz CT molecular complexity index is 656. The van der Waals surface area contributed by atoms with E-state index in [9.17, 15) is 13.2 Å². The Morgan fingerprint density at radius 3 is 2.57 bits per heavy atom. The highest BCUT2D eigenvalue weighted by Crippen LogP contribution is 2.20. The highest BCUT2D eigenvalue weighted by Gasteiger charge is 2.24. The van der Waals surface area contributed by atoms with Crippen LogP contribution in [-0.2, 0) is 19.6 Å². The van der Waals surface area contributed by atoms with Crippen LogP contribution in [-0.4, -0.2) is 44.4 Å². The van der Waals surface area contributed by atoms with E-state index in [4.69, 9.17) is 18.0 Å². The fourth-order valence-electron chi connectivity index (χ4n) is 1.67. The number of nitrogens with zero attached hydrogens (tertiary/aromatic N) is 1. The summed E-state index contributed by atoms with van der Waals surface area (Å²) in [5.41, 5.74) is 6.60. The first-order valence-corrected chi connectivity index (χ1v) is 7.98. The van der Waals surface area contributed by atoms with E-state index in [0.717, 1.165) is 4.31 Å². The summed E-state index contributed by atoms with van der Waals surface area (Å²) in [5.74, 6) is -0.467. The smallest absolute Gasteiger partial charge is 0.306 e. The molecule has 116 valence electrons. The third kappa shape index (κ3) is 4.23. The number of methoxy groups -OCH3 is 1. The molecule has 0 fully saturated rings. The Kier molecular flexibility index (Phi) is 5.82. The molecule has 0 amide bonds. The molecule has 0 aliphatic rings. The molecule has 8 heteroatoms. The number of carbonyl (C=O) groups excluding carboxylic acids is 1. The molecule has 0 heterocycles. The summed E-state index contributed by atoms with van der Waals surface area (Å²) < 4.78 is 30.6. The van der Waals surface area contributed by atoms with Crippen LogP contribution in [0.25, 0.3) is 0 Å². The number of benzene rings is 1. The van der Waals surface area contributed by atoms with E-state index in [-0.39, 0.29) is 22.8 Å². The monoisotopic (exact) mass is 330 g/mol. The molecule has 0 atom stereocenters. The number of ether oxygens (including phenoxy) is 1. The summed E-state index contributed by atoms with van der Waals surface area (Å²) >= 11 is 4.86. The maximum Gasteiger partial charge on any atom is 0.306 e. The predicted molar refractivity (Wildman–Crippen MR) is 83.5 cm³/mol. The minimum Gasteiger partial charge on any atom is -0.469 e. The zero-order valence-electron chi connectivity index (χ0n) is 12.1. The zero-order chi connectivity index (χ0) is 16.2. The highest BCUT2D eigenvalue weighted by atomic mass is 32.2. The molecule has 0 radical (unpaired) electrons. The van der Waals surface area contributed by atoms with Crippen molar-refractivity contribution >= 4 is 33.2 Å². The van der Waals surface area contributed by atoms with Gasteiger partial charge >= 0.3 is 5.97 Å². The number of thiocarbonyl (C=S) groups is 1. The average Bonchev–Trinajstić information content (AvgIpc) is 2.44. The minimum atomic E-state index is -3.72. The van der Waals surface area contributed by atoms with Gasteiger partial charge in [-0.05, 0) is 18.6 Å². The van der Waals surface area contributed by atoms with Crippen LogP contribution in [0.4, 0.5) is 0 Å². The van der Waals surface area contributed by atoms with Crippen LogP contribution >= 0.6 is 12.2 Å². The van der Waals surface area contributed by atoms with E-state index >= 15 is 0 Å². The first-order valence-electron chi connectivity index (χ1n) is 6.13. The largest absolute Gasteiger partial charge is 0.469 e. The number of nitrogens with two attached hydrogens (primary N) is 1. The van der Waals surface area contributed by atoms with Crippen molar-refractivity contribution in [3.63, 3.8) is 0 Å². The van der Waals surface area contributed by atoms with Gasteiger partial charge in [0.25, 0.3) is 0 Å². The van der Waals surface area contributed by atoms with E-state index in [1.54, 1.807) is 19.1 Å². The fourth-order valence-corrected chi connectivity index (χ4v) is 3.22. The van der Waals surface area contributed by atoms with Gasteiger partial charge in [0.15, 0.2) is 0 Å². The summed E-state index contributed by atoms with van der Waals surface area (Å²) in [4.78, 5) is 11.4. The molecule has 0 aromatic heterocycles. The second-order valence-corrected chi connectivity index (χ2v) is 6.95. The molecule has 1 rings (SSSR count). The van der Waals surface area contributed by atoms with Gasteiger partial charge < -0.3 is 10.5 Å². The van der Waals surface area contributed by atoms with Crippen molar-refractivity contribution in [3.05, 3.63) is 29.3 Å². The molecular weight excluding hydrogens is 312 g/mol. The summed E-state index contributed by atoms with van der Waals surface area (Å²) in [5, 5.41) is 0. The summed E-state index contributed by atoms with van der Waals surface area (Å²) in [7, 11) is -1.05. The Morgan fingerprint density at radius 1 is 1.43 bits per heavy atom. The number of hydrogen-bond acceptors (Lipinski definition) is 5. The van der Waals surface area contributed by atoms with Gasteiger partial charge in [0.2, 0.25) is 10.0 Å². The van der Waals surface area contributed by atoms with E-state index in [1.165, 1.54) is 20.2 Å².